The van der Waals surface area contributed by atoms with Crippen molar-refractivity contribution < 1.29 is 9.90 Å². The number of rotatable bonds is 7. The van der Waals surface area contributed by atoms with Crippen molar-refractivity contribution >= 4 is 5.91 Å². The number of hydrogen-bond donors (Lipinski definition) is 2. The third-order valence-corrected chi connectivity index (χ3v) is 4.74. The number of hydrogen-bond acceptors (Lipinski definition) is 4. The highest BCUT2D eigenvalue weighted by Crippen LogP contribution is 2.19. The topological polar surface area (TPSA) is 55.8 Å². The Balaban J connectivity index is 2.49. The fraction of sp³-hybridized carbons (Fsp3) is 0.941. The van der Waals surface area contributed by atoms with Crippen LogP contribution >= 0.6 is 0 Å². The number of amides is 1. The van der Waals surface area contributed by atoms with Crippen molar-refractivity contribution in [2.24, 2.45) is 5.92 Å². The van der Waals surface area contributed by atoms with E-state index in [0.29, 0.717) is 18.9 Å². The second-order valence-corrected chi connectivity index (χ2v) is 7.96. The largest absolute Gasteiger partial charge is 0.388 e. The third-order valence-electron chi connectivity index (χ3n) is 4.74. The molecule has 1 atom stereocenters. The fourth-order valence-electron chi connectivity index (χ4n) is 2.68. The summed E-state index contributed by atoms with van der Waals surface area (Å²) in [6.07, 6.45) is 1.67. The van der Waals surface area contributed by atoms with E-state index >= 15 is 0 Å². The number of nitrogens with zero attached hydrogens (tertiary/aromatic N) is 2. The van der Waals surface area contributed by atoms with Crippen molar-refractivity contribution in [1.82, 2.24) is 15.1 Å². The Kier molecular flexibility index (Phi) is 6.84. The number of likely N-dealkylation sites (N-methyl/N-ethyl adjacent to an activating group) is 1. The minimum Gasteiger partial charge on any atom is -0.388 e. The van der Waals surface area contributed by atoms with Gasteiger partial charge >= 0.3 is 0 Å². The van der Waals surface area contributed by atoms with Crippen LogP contribution in [-0.4, -0.2) is 71.7 Å². The second-order valence-electron chi connectivity index (χ2n) is 7.96. The zero-order valence-electron chi connectivity index (χ0n) is 15.3. The van der Waals surface area contributed by atoms with Crippen LogP contribution in [0.4, 0.5) is 0 Å². The molecule has 22 heavy (non-hydrogen) atoms. The summed E-state index contributed by atoms with van der Waals surface area (Å²) in [5.74, 6) is 0.561. The number of aliphatic hydroxyl groups is 1. The molecule has 2 N–H and O–H groups in total. The lowest BCUT2D eigenvalue weighted by Gasteiger charge is -2.42. The lowest BCUT2D eigenvalue weighted by molar-refractivity contribution is -0.134. The first-order valence-corrected chi connectivity index (χ1v) is 8.49. The van der Waals surface area contributed by atoms with E-state index in [1.807, 2.05) is 13.8 Å². The van der Waals surface area contributed by atoms with Crippen LogP contribution < -0.4 is 5.32 Å². The van der Waals surface area contributed by atoms with Crippen LogP contribution in [0, 0.1) is 5.92 Å². The molecule has 1 amide bonds. The van der Waals surface area contributed by atoms with E-state index in [-0.39, 0.29) is 5.91 Å². The third kappa shape index (κ3) is 5.86. The van der Waals surface area contributed by atoms with Crippen LogP contribution in [0.15, 0.2) is 0 Å². The van der Waals surface area contributed by atoms with Crippen LogP contribution in [0.25, 0.3) is 0 Å². The molecule has 1 unspecified atom stereocenters. The normalized spacial score (nSPS) is 20.9. The van der Waals surface area contributed by atoms with Crippen molar-refractivity contribution in [3.05, 3.63) is 0 Å². The predicted molar refractivity (Wildman–Crippen MR) is 90.9 cm³/mol. The van der Waals surface area contributed by atoms with E-state index in [9.17, 15) is 9.90 Å². The highest BCUT2D eigenvalue weighted by Gasteiger charge is 2.36. The molecule has 1 rings (SSSR count). The van der Waals surface area contributed by atoms with Gasteiger partial charge in [-0.05, 0) is 46.6 Å². The van der Waals surface area contributed by atoms with Gasteiger partial charge in [0.2, 0.25) is 5.91 Å². The molecule has 0 spiro atoms. The second kappa shape index (κ2) is 7.75. The van der Waals surface area contributed by atoms with Gasteiger partial charge in [0.05, 0.1) is 11.1 Å². The molecule has 1 aliphatic heterocycles. The minimum absolute atomic E-state index is 0.00174. The van der Waals surface area contributed by atoms with Gasteiger partial charge in [0.25, 0.3) is 0 Å². The molecule has 1 aliphatic rings. The Morgan fingerprint density at radius 2 is 1.73 bits per heavy atom. The van der Waals surface area contributed by atoms with Gasteiger partial charge in [0, 0.05) is 32.7 Å². The summed E-state index contributed by atoms with van der Waals surface area (Å²) in [7, 11) is 2.11. The molecule has 0 aromatic heterocycles. The molecule has 130 valence electrons. The molecular weight excluding hydrogens is 278 g/mol. The zero-order valence-corrected chi connectivity index (χ0v) is 15.3. The van der Waals surface area contributed by atoms with Crippen LogP contribution in [0.3, 0.4) is 0 Å². The molecule has 5 heteroatoms. The Labute approximate surface area is 136 Å². The van der Waals surface area contributed by atoms with Crippen LogP contribution in [-0.2, 0) is 4.79 Å². The highest BCUT2D eigenvalue weighted by molar-refractivity contribution is 5.85. The monoisotopic (exact) mass is 313 g/mol. The number of carbonyl (C=O) groups is 1. The summed E-state index contributed by atoms with van der Waals surface area (Å²) in [6, 6.07) is 0. The van der Waals surface area contributed by atoms with Gasteiger partial charge in [-0.3, -0.25) is 9.69 Å². The summed E-state index contributed by atoms with van der Waals surface area (Å²) in [5.41, 5.74) is -1.37. The first-order chi connectivity index (χ1) is 10.0. The van der Waals surface area contributed by atoms with E-state index in [4.69, 9.17) is 0 Å². The van der Waals surface area contributed by atoms with Gasteiger partial charge in [0.1, 0.15) is 0 Å². The molecule has 5 nitrogen and oxygen atoms in total. The molecule has 1 saturated heterocycles. The molecule has 0 aliphatic carbocycles. The summed E-state index contributed by atoms with van der Waals surface area (Å²) in [4.78, 5) is 17.1. The van der Waals surface area contributed by atoms with E-state index in [1.54, 1.807) is 6.92 Å². The van der Waals surface area contributed by atoms with Crippen molar-refractivity contribution in [3.63, 3.8) is 0 Å². The summed E-state index contributed by atoms with van der Waals surface area (Å²) >= 11 is 0. The minimum atomic E-state index is -0.835. The molecule has 0 aromatic rings. The average Bonchev–Trinajstić information content (AvgIpc) is 2.43. The van der Waals surface area contributed by atoms with Crippen LogP contribution in [0.1, 0.15) is 47.5 Å². The first kappa shape index (κ1) is 19.4. The average molecular weight is 313 g/mol. The van der Waals surface area contributed by atoms with Crippen LogP contribution in [0.5, 0.6) is 0 Å². The van der Waals surface area contributed by atoms with Crippen molar-refractivity contribution in [1.29, 1.82) is 0 Å². The van der Waals surface area contributed by atoms with Gasteiger partial charge in [-0.2, -0.15) is 0 Å². The summed E-state index contributed by atoms with van der Waals surface area (Å²) < 4.78 is 0. The lowest BCUT2D eigenvalue weighted by Crippen LogP contribution is -2.61. The molecule has 0 aromatic carbocycles. The maximum absolute atomic E-state index is 12.6. The molecule has 0 bridgehead atoms. The van der Waals surface area contributed by atoms with Gasteiger partial charge in [-0.15, -0.1) is 0 Å². The quantitative estimate of drug-likeness (QED) is 0.744. The summed E-state index contributed by atoms with van der Waals surface area (Å²) in [5, 5.41) is 13.3. The number of nitrogens with one attached hydrogen (secondary N) is 1. The van der Waals surface area contributed by atoms with Crippen LogP contribution in [0.2, 0.25) is 0 Å². The number of piperazine rings is 1. The Morgan fingerprint density at radius 3 is 2.23 bits per heavy atom. The van der Waals surface area contributed by atoms with Gasteiger partial charge < -0.3 is 15.3 Å². The van der Waals surface area contributed by atoms with Crippen molar-refractivity contribution in [3.8, 4) is 0 Å². The zero-order chi connectivity index (χ0) is 17.0. The Morgan fingerprint density at radius 1 is 1.18 bits per heavy atom. The Bertz CT molecular complexity index is 359. The maximum atomic E-state index is 12.6. The van der Waals surface area contributed by atoms with Crippen molar-refractivity contribution in [2.75, 3.05) is 39.8 Å². The van der Waals surface area contributed by atoms with Gasteiger partial charge in [-0.25, -0.2) is 0 Å². The highest BCUT2D eigenvalue weighted by atomic mass is 16.3. The van der Waals surface area contributed by atoms with E-state index in [0.717, 1.165) is 32.6 Å². The molecule has 1 heterocycles. The van der Waals surface area contributed by atoms with E-state index < -0.39 is 11.1 Å². The standard InChI is InChI=1S/C17H35N3O2/c1-14(2)7-8-17(5,22)13-18-15(21)16(3,4)20-11-9-19(6)10-12-20/h14,22H,7-13H2,1-6H3,(H,18,21). The summed E-state index contributed by atoms with van der Waals surface area (Å²) in [6.45, 7) is 14.1. The number of carbonyl (C=O) groups excluding carboxylic acids is 1. The van der Waals surface area contributed by atoms with E-state index in [2.05, 4.69) is 36.0 Å². The lowest BCUT2D eigenvalue weighted by atomic mass is 9.94. The van der Waals surface area contributed by atoms with Gasteiger partial charge in [-0.1, -0.05) is 13.8 Å². The Hall–Kier alpha value is -0.650. The SMILES string of the molecule is CC(C)CCC(C)(O)CNC(=O)C(C)(C)N1CCN(C)CC1. The predicted octanol–water partition coefficient (Wildman–Crippen LogP) is 1.32. The maximum Gasteiger partial charge on any atom is 0.240 e. The molecule has 0 saturated carbocycles. The molecular formula is C17H35N3O2. The smallest absolute Gasteiger partial charge is 0.240 e. The van der Waals surface area contributed by atoms with Gasteiger partial charge in [0.15, 0.2) is 0 Å². The fourth-order valence-corrected chi connectivity index (χ4v) is 2.68. The van der Waals surface area contributed by atoms with Crippen molar-refractivity contribution in [2.45, 2.75) is 58.6 Å². The first-order valence-electron chi connectivity index (χ1n) is 8.49. The molecule has 0 radical (unpaired) electrons. The van der Waals surface area contributed by atoms with E-state index in [1.165, 1.54) is 0 Å². The molecule has 1 fully saturated rings.